The standard InChI is InChI=1S/C10H9N2S/c11-10(13)12-9-5-7-3-1-2-4-8(7)6-9/h1-5,11H,6H2,(H,12,13). The minimum atomic E-state index is 0.0825. The lowest BCUT2D eigenvalue weighted by atomic mass is 10.1. The summed E-state index contributed by atoms with van der Waals surface area (Å²) in [6.45, 7) is 0. The SMILES string of the molecule is [NH]C(=S)NC1=Cc2ccccc2C1. The minimum absolute atomic E-state index is 0.0825. The van der Waals surface area contributed by atoms with Gasteiger partial charge < -0.3 is 5.32 Å². The quantitative estimate of drug-likeness (QED) is 0.683. The summed E-state index contributed by atoms with van der Waals surface area (Å²) in [7, 11) is 0. The molecule has 65 valence electrons. The number of fused-ring (bicyclic) bond motifs is 1. The largest absolute Gasteiger partial charge is 0.335 e. The topological polar surface area (TPSA) is 35.8 Å². The van der Waals surface area contributed by atoms with Gasteiger partial charge in [-0.2, -0.15) is 0 Å². The van der Waals surface area contributed by atoms with E-state index < -0.39 is 0 Å². The summed E-state index contributed by atoms with van der Waals surface area (Å²) in [4.78, 5) is 0. The Morgan fingerprint density at radius 2 is 2.15 bits per heavy atom. The van der Waals surface area contributed by atoms with Gasteiger partial charge in [-0.15, -0.1) is 0 Å². The zero-order valence-corrected chi connectivity index (χ0v) is 7.82. The van der Waals surface area contributed by atoms with E-state index in [2.05, 4.69) is 29.7 Å². The predicted molar refractivity (Wildman–Crippen MR) is 57.0 cm³/mol. The molecule has 13 heavy (non-hydrogen) atoms. The van der Waals surface area contributed by atoms with Crippen molar-refractivity contribution in [3.63, 3.8) is 0 Å². The van der Waals surface area contributed by atoms with Crippen LogP contribution in [0.2, 0.25) is 0 Å². The molecule has 2 N–H and O–H groups in total. The first kappa shape index (κ1) is 8.26. The highest BCUT2D eigenvalue weighted by atomic mass is 32.1. The van der Waals surface area contributed by atoms with E-state index in [1.54, 1.807) is 0 Å². The number of allylic oxidation sites excluding steroid dienone is 1. The van der Waals surface area contributed by atoms with Crippen LogP contribution in [0.25, 0.3) is 6.08 Å². The van der Waals surface area contributed by atoms with E-state index in [9.17, 15) is 0 Å². The maximum atomic E-state index is 7.13. The van der Waals surface area contributed by atoms with E-state index in [-0.39, 0.29) is 5.11 Å². The molecule has 1 aliphatic carbocycles. The Morgan fingerprint density at radius 3 is 2.85 bits per heavy atom. The molecular weight excluding hydrogens is 180 g/mol. The first-order valence-electron chi connectivity index (χ1n) is 4.07. The van der Waals surface area contributed by atoms with Gasteiger partial charge in [0.1, 0.15) is 0 Å². The molecule has 1 aromatic rings. The van der Waals surface area contributed by atoms with Gasteiger partial charge in [0.25, 0.3) is 0 Å². The van der Waals surface area contributed by atoms with Gasteiger partial charge in [0.05, 0.1) is 0 Å². The van der Waals surface area contributed by atoms with Crippen molar-refractivity contribution in [2.45, 2.75) is 6.42 Å². The smallest absolute Gasteiger partial charge is 0.189 e. The summed E-state index contributed by atoms with van der Waals surface area (Å²) in [5.74, 6) is 0. The van der Waals surface area contributed by atoms with Crippen molar-refractivity contribution in [2.24, 2.45) is 0 Å². The second kappa shape index (κ2) is 3.18. The molecule has 0 spiro atoms. The summed E-state index contributed by atoms with van der Waals surface area (Å²) in [5.41, 5.74) is 10.7. The molecule has 2 nitrogen and oxygen atoms in total. The Balaban J connectivity index is 2.21. The Bertz CT molecular complexity index is 382. The second-order valence-electron chi connectivity index (χ2n) is 3.00. The van der Waals surface area contributed by atoms with E-state index in [1.807, 2.05) is 18.2 Å². The van der Waals surface area contributed by atoms with Crippen LogP contribution in [-0.2, 0) is 6.42 Å². The molecule has 0 heterocycles. The van der Waals surface area contributed by atoms with Gasteiger partial charge in [-0.1, -0.05) is 24.3 Å². The van der Waals surface area contributed by atoms with Gasteiger partial charge in [0.2, 0.25) is 0 Å². The van der Waals surface area contributed by atoms with Crippen molar-refractivity contribution in [1.82, 2.24) is 11.1 Å². The van der Waals surface area contributed by atoms with Crippen LogP contribution in [0.1, 0.15) is 11.1 Å². The molecule has 0 saturated carbocycles. The first-order chi connectivity index (χ1) is 6.25. The van der Waals surface area contributed by atoms with Gasteiger partial charge in [-0.25, -0.2) is 0 Å². The summed E-state index contributed by atoms with van der Waals surface area (Å²) in [6, 6.07) is 8.19. The average Bonchev–Trinajstić information content (AvgIpc) is 2.44. The van der Waals surface area contributed by atoms with Crippen LogP contribution < -0.4 is 11.1 Å². The second-order valence-corrected chi connectivity index (χ2v) is 3.41. The number of hydrogen-bond acceptors (Lipinski definition) is 1. The number of nitrogens with one attached hydrogen (secondary N) is 2. The summed E-state index contributed by atoms with van der Waals surface area (Å²) < 4.78 is 0. The highest BCUT2D eigenvalue weighted by Crippen LogP contribution is 2.22. The first-order valence-corrected chi connectivity index (χ1v) is 4.47. The van der Waals surface area contributed by atoms with Gasteiger partial charge in [0.15, 0.2) is 5.11 Å². The minimum Gasteiger partial charge on any atom is -0.335 e. The number of thiocarbonyl (C=S) groups is 1. The normalized spacial score (nSPS) is 13.4. The molecule has 1 radical (unpaired) electrons. The van der Waals surface area contributed by atoms with Gasteiger partial charge in [-0.05, 0) is 29.4 Å². The van der Waals surface area contributed by atoms with E-state index in [0.717, 1.165) is 12.1 Å². The maximum Gasteiger partial charge on any atom is 0.189 e. The van der Waals surface area contributed by atoms with Crippen LogP contribution in [0.15, 0.2) is 30.0 Å². The van der Waals surface area contributed by atoms with Gasteiger partial charge in [0, 0.05) is 12.1 Å². The van der Waals surface area contributed by atoms with Crippen LogP contribution in [-0.4, -0.2) is 5.11 Å². The van der Waals surface area contributed by atoms with Crippen molar-refractivity contribution in [1.29, 1.82) is 0 Å². The molecule has 0 atom stereocenters. The Morgan fingerprint density at radius 1 is 1.38 bits per heavy atom. The van der Waals surface area contributed by atoms with Crippen LogP contribution in [0.3, 0.4) is 0 Å². The predicted octanol–water partition coefficient (Wildman–Crippen LogP) is 1.74. The highest BCUT2D eigenvalue weighted by Gasteiger charge is 2.11. The number of rotatable bonds is 1. The summed E-state index contributed by atoms with van der Waals surface area (Å²) in [5, 5.41) is 2.93. The third kappa shape index (κ3) is 1.70. The zero-order valence-electron chi connectivity index (χ0n) is 7.00. The third-order valence-corrected chi connectivity index (χ3v) is 2.14. The monoisotopic (exact) mass is 189 g/mol. The van der Waals surface area contributed by atoms with Crippen molar-refractivity contribution in [2.75, 3.05) is 0 Å². The van der Waals surface area contributed by atoms with Crippen molar-refractivity contribution in [3.8, 4) is 0 Å². The molecular formula is C10H9N2S. The lowest BCUT2D eigenvalue weighted by molar-refractivity contribution is 1.05. The van der Waals surface area contributed by atoms with E-state index in [0.29, 0.717) is 0 Å². The average molecular weight is 189 g/mol. The van der Waals surface area contributed by atoms with E-state index >= 15 is 0 Å². The Kier molecular flexibility index (Phi) is 2.02. The lowest BCUT2D eigenvalue weighted by Gasteiger charge is -2.01. The fraction of sp³-hybridized carbons (Fsp3) is 0.100. The van der Waals surface area contributed by atoms with Gasteiger partial charge in [-0.3, -0.25) is 5.73 Å². The molecule has 0 aromatic heterocycles. The molecule has 0 saturated heterocycles. The van der Waals surface area contributed by atoms with Crippen LogP contribution in [0.4, 0.5) is 0 Å². The molecule has 1 aromatic carbocycles. The van der Waals surface area contributed by atoms with Crippen molar-refractivity contribution < 1.29 is 0 Å². The fourth-order valence-corrected chi connectivity index (χ4v) is 1.64. The zero-order chi connectivity index (χ0) is 9.26. The molecule has 3 heteroatoms. The summed E-state index contributed by atoms with van der Waals surface area (Å²) in [6.07, 6.45) is 2.89. The molecule has 0 amide bonds. The van der Waals surface area contributed by atoms with Crippen molar-refractivity contribution in [3.05, 3.63) is 41.1 Å². The van der Waals surface area contributed by atoms with Crippen molar-refractivity contribution >= 4 is 23.4 Å². The highest BCUT2D eigenvalue weighted by molar-refractivity contribution is 7.80. The van der Waals surface area contributed by atoms with Crippen LogP contribution in [0.5, 0.6) is 0 Å². The maximum absolute atomic E-state index is 7.13. The van der Waals surface area contributed by atoms with E-state index in [1.165, 1.54) is 11.1 Å². The molecule has 0 unspecified atom stereocenters. The molecule has 1 aliphatic rings. The number of benzene rings is 1. The molecule has 0 aliphatic heterocycles. The van der Waals surface area contributed by atoms with Crippen LogP contribution >= 0.6 is 12.2 Å². The fourth-order valence-electron chi connectivity index (χ4n) is 1.51. The molecule has 0 fully saturated rings. The Labute approximate surface area is 82.4 Å². The Hall–Kier alpha value is -1.35. The molecule has 0 bridgehead atoms. The lowest BCUT2D eigenvalue weighted by Crippen LogP contribution is -2.20. The van der Waals surface area contributed by atoms with Gasteiger partial charge >= 0.3 is 0 Å². The molecule has 2 rings (SSSR count). The van der Waals surface area contributed by atoms with Crippen LogP contribution in [0, 0.1) is 0 Å². The number of hydrogen-bond donors (Lipinski definition) is 1. The summed E-state index contributed by atoms with van der Waals surface area (Å²) >= 11 is 4.66. The third-order valence-electron chi connectivity index (χ3n) is 2.04. The van der Waals surface area contributed by atoms with E-state index in [4.69, 9.17) is 5.73 Å².